The summed E-state index contributed by atoms with van der Waals surface area (Å²) in [4.78, 5) is 13.1. The molecule has 7 heteroatoms. The van der Waals surface area contributed by atoms with Gasteiger partial charge in [0.2, 0.25) is 0 Å². The Hall–Kier alpha value is -3.53. The van der Waals surface area contributed by atoms with Crippen molar-refractivity contribution in [3.8, 4) is 17.2 Å². The fourth-order valence-electron chi connectivity index (χ4n) is 3.60. The number of carboxylic acid groups (broad SMARTS) is 1. The molecule has 7 nitrogen and oxygen atoms in total. The van der Waals surface area contributed by atoms with Crippen molar-refractivity contribution < 1.29 is 9.90 Å². The van der Waals surface area contributed by atoms with Crippen LogP contribution in [-0.2, 0) is 0 Å². The number of aromatic nitrogens is 2. The van der Waals surface area contributed by atoms with E-state index in [1.54, 1.807) is 12.1 Å². The van der Waals surface area contributed by atoms with Crippen molar-refractivity contribution in [3.63, 3.8) is 0 Å². The lowest BCUT2D eigenvalue weighted by molar-refractivity contribution is 0.210. The van der Waals surface area contributed by atoms with Gasteiger partial charge in [-0.1, -0.05) is 12.1 Å². The van der Waals surface area contributed by atoms with Crippen LogP contribution in [0.5, 0.6) is 0 Å². The fraction of sp³-hybridized carbons (Fsp3) is 0.250. The minimum atomic E-state index is -1.08. The van der Waals surface area contributed by atoms with E-state index in [4.69, 9.17) is 10.4 Å². The van der Waals surface area contributed by atoms with Gasteiger partial charge < -0.3 is 10.0 Å². The first-order valence-corrected chi connectivity index (χ1v) is 8.87. The molecular formula is C20H19N5O2. The Morgan fingerprint density at radius 1 is 1.22 bits per heavy atom. The molecular weight excluding hydrogens is 342 g/mol. The molecule has 0 radical (unpaired) electrons. The van der Waals surface area contributed by atoms with Gasteiger partial charge in [0.05, 0.1) is 23.5 Å². The van der Waals surface area contributed by atoms with Crippen LogP contribution in [0.25, 0.3) is 16.6 Å². The first-order chi connectivity index (χ1) is 13.2. The van der Waals surface area contributed by atoms with E-state index < -0.39 is 6.09 Å². The lowest BCUT2D eigenvalue weighted by Gasteiger charge is -2.31. The molecule has 1 amide bonds. The fourth-order valence-corrected chi connectivity index (χ4v) is 3.60. The SMILES string of the molecule is N#CC1CCN(c2cccn3ncc(-c4ccc(NC(=O)O)cc4)c23)CC1. The van der Waals surface area contributed by atoms with E-state index in [0.717, 1.165) is 48.3 Å². The van der Waals surface area contributed by atoms with Gasteiger partial charge in [-0.05, 0) is 42.7 Å². The summed E-state index contributed by atoms with van der Waals surface area (Å²) < 4.78 is 1.87. The summed E-state index contributed by atoms with van der Waals surface area (Å²) in [6.07, 6.45) is 4.42. The van der Waals surface area contributed by atoms with Gasteiger partial charge in [-0.2, -0.15) is 10.4 Å². The minimum Gasteiger partial charge on any atom is -0.465 e. The number of anilines is 2. The highest BCUT2D eigenvalue weighted by atomic mass is 16.4. The number of benzene rings is 1. The zero-order valence-electron chi connectivity index (χ0n) is 14.7. The Labute approximate surface area is 156 Å². The lowest BCUT2D eigenvalue weighted by atomic mass is 9.97. The van der Waals surface area contributed by atoms with Gasteiger partial charge in [0, 0.05) is 36.5 Å². The van der Waals surface area contributed by atoms with Crippen LogP contribution in [0.4, 0.5) is 16.2 Å². The molecule has 2 N–H and O–H groups in total. The smallest absolute Gasteiger partial charge is 0.409 e. The van der Waals surface area contributed by atoms with Crippen LogP contribution in [0, 0.1) is 17.2 Å². The van der Waals surface area contributed by atoms with E-state index in [1.165, 1.54) is 0 Å². The molecule has 4 rings (SSSR count). The molecule has 3 heterocycles. The van der Waals surface area contributed by atoms with Crippen LogP contribution in [0.3, 0.4) is 0 Å². The molecule has 2 aromatic heterocycles. The third-order valence-electron chi connectivity index (χ3n) is 4.98. The summed E-state index contributed by atoms with van der Waals surface area (Å²) in [6.45, 7) is 1.70. The van der Waals surface area contributed by atoms with Crippen LogP contribution in [0.1, 0.15) is 12.8 Å². The van der Waals surface area contributed by atoms with Crippen molar-refractivity contribution in [2.75, 3.05) is 23.3 Å². The predicted molar refractivity (Wildman–Crippen MR) is 103 cm³/mol. The van der Waals surface area contributed by atoms with Crippen molar-refractivity contribution in [3.05, 3.63) is 48.8 Å². The van der Waals surface area contributed by atoms with Crippen molar-refractivity contribution >= 4 is 23.0 Å². The summed E-state index contributed by atoms with van der Waals surface area (Å²) >= 11 is 0. The molecule has 0 spiro atoms. The number of hydrogen-bond donors (Lipinski definition) is 2. The van der Waals surface area contributed by atoms with Gasteiger partial charge in [0.15, 0.2) is 0 Å². The van der Waals surface area contributed by atoms with Crippen LogP contribution in [-0.4, -0.2) is 33.9 Å². The van der Waals surface area contributed by atoms with Crippen LogP contribution in [0.15, 0.2) is 48.8 Å². The summed E-state index contributed by atoms with van der Waals surface area (Å²) in [6, 6.07) is 13.7. The first kappa shape index (κ1) is 16.9. The number of hydrogen-bond acceptors (Lipinski definition) is 4. The summed E-state index contributed by atoms with van der Waals surface area (Å²) in [5, 5.41) is 24.8. The van der Waals surface area contributed by atoms with Gasteiger partial charge in [0.1, 0.15) is 0 Å². The van der Waals surface area contributed by atoms with E-state index in [0.29, 0.717) is 5.69 Å². The summed E-state index contributed by atoms with van der Waals surface area (Å²) in [7, 11) is 0. The van der Waals surface area contributed by atoms with E-state index >= 15 is 0 Å². The molecule has 1 fully saturated rings. The first-order valence-electron chi connectivity index (χ1n) is 8.87. The van der Waals surface area contributed by atoms with E-state index in [2.05, 4.69) is 27.5 Å². The molecule has 0 bridgehead atoms. The van der Waals surface area contributed by atoms with Gasteiger partial charge in [-0.25, -0.2) is 9.31 Å². The number of fused-ring (bicyclic) bond motifs is 1. The Balaban J connectivity index is 1.70. The number of piperidine rings is 1. The monoisotopic (exact) mass is 361 g/mol. The summed E-state index contributed by atoms with van der Waals surface area (Å²) in [5.41, 5.74) is 4.62. The highest BCUT2D eigenvalue weighted by Gasteiger charge is 2.22. The normalized spacial score (nSPS) is 14.9. The molecule has 1 aliphatic heterocycles. The van der Waals surface area contributed by atoms with Gasteiger partial charge in [-0.15, -0.1) is 0 Å². The molecule has 136 valence electrons. The molecule has 0 aliphatic carbocycles. The number of amides is 1. The lowest BCUT2D eigenvalue weighted by Crippen LogP contribution is -2.33. The Kier molecular flexibility index (Phi) is 4.38. The second kappa shape index (κ2) is 7.00. The highest BCUT2D eigenvalue weighted by Crippen LogP contribution is 2.34. The van der Waals surface area contributed by atoms with Crippen molar-refractivity contribution in [2.24, 2.45) is 5.92 Å². The molecule has 27 heavy (non-hydrogen) atoms. The third-order valence-corrected chi connectivity index (χ3v) is 4.98. The van der Waals surface area contributed by atoms with Crippen LogP contribution >= 0.6 is 0 Å². The summed E-state index contributed by atoms with van der Waals surface area (Å²) in [5.74, 6) is 0.139. The van der Waals surface area contributed by atoms with Gasteiger partial charge in [-0.3, -0.25) is 5.32 Å². The van der Waals surface area contributed by atoms with E-state index in [9.17, 15) is 4.79 Å². The number of nitriles is 1. The average Bonchev–Trinajstić information content (AvgIpc) is 3.12. The van der Waals surface area contributed by atoms with Crippen molar-refractivity contribution in [2.45, 2.75) is 12.8 Å². The second-order valence-electron chi connectivity index (χ2n) is 6.64. The van der Waals surface area contributed by atoms with Crippen LogP contribution in [0.2, 0.25) is 0 Å². The molecule has 0 saturated carbocycles. The Morgan fingerprint density at radius 2 is 1.96 bits per heavy atom. The molecule has 1 saturated heterocycles. The molecule has 1 aliphatic rings. The quantitative estimate of drug-likeness (QED) is 0.739. The Morgan fingerprint density at radius 3 is 2.63 bits per heavy atom. The van der Waals surface area contributed by atoms with Crippen molar-refractivity contribution in [1.29, 1.82) is 5.26 Å². The maximum Gasteiger partial charge on any atom is 0.409 e. The number of carbonyl (C=O) groups is 1. The molecule has 0 atom stereocenters. The third kappa shape index (κ3) is 3.29. The number of rotatable bonds is 3. The molecule has 0 unspecified atom stereocenters. The average molecular weight is 361 g/mol. The highest BCUT2D eigenvalue weighted by molar-refractivity contribution is 5.91. The second-order valence-corrected chi connectivity index (χ2v) is 6.64. The van der Waals surface area contributed by atoms with E-state index in [1.807, 2.05) is 35.1 Å². The number of nitrogens with zero attached hydrogens (tertiary/aromatic N) is 4. The topological polar surface area (TPSA) is 93.7 Å². The van der Waals surface area contributed by atoms with Gasteiger partial charge in [0.25, 0.3) is 0 Å². The number of nitrogens with one attached hydrogen (secondary N) is 1. The Bertz CT molecular complexity index is 1010. The van der Waals surface area contributed by atoms with Crippen molar-refractivity contribution in [1.82, 2.24) is 9.61 Å². The predicted octanol–water partition coefficient (Wildman–Crippen LogP) is 3.83. The number of pyridine rings is 1. The molecule has 1 aromatic carbocycles. The maximum atomic E-state index is 10.8. The zero-order valence-corrected chi connectivity index (χ0v) is 14.7. The largest absolute Gasteiger partial charge is 0.465 e. The maximum absolute atomic E-state index is 10.8. The van der Waals surface area contributed by atoms with Gasteiger partial charge >= 0.3 is 6.09 Å². The molecule has 3 aromatic rings. The standard InChI is InChI=1S/C20H19N5O2/c21-12-14-7-10-24(11-8-14)18-2-1-9-25-19(18)17(13-22-25)15-3-5-16(6-4-15)23-20(26)27/h1-6,9,13-14,23H,7-8,10-11H2,(H,26,27). The zero-order chi connectivity index (χ0) is 18.8. The van der Waals surface area contributed by atoms with E-state index in [-0.39, 0.29) is 5.92 Å². The minimum absolute atomic E-state index is 0.139. The van der Waals surface area contributed by atoms with Crippen LogP contribution < -0.4 is 10.2 Å².